The van der Waals surface area contributed by atoms with Crippen LogP contribution < -0.4 is 5.73 Å². The zero-order valence-electron chi connectivity index (χ0n) is 12.4. The molecule has 0 spiro atoms. The number of amidine groups is 1. The van der Waals surface area contributed by atoms with Gasteiger partial charge in [0.25, 0.3) is 0 Å². The van der Waals surface area contributed by atoms with E-state index >= 15 is 0 Å². The van der Waals surface area contributed by atoms with Gasteiger partial charge in [0.05, 0.1) is 5.84 Å². The molecule has 21 heavy (non-hydrogen) atoms. The lowest BCUT2D eigenvalue weighted by atomic mass is 9.82. The number of thiophene rings is 1. The Morgan fingerprint density at radius 2 is 2.19 bits per heavy atom. The normalized spacial score (nSPS) is 26.1. The number of fused-ring (bicyclic) bond motifs is 1. The number of Topliss-reactive ketones (excluding diaryl/α,β-unsaturated/α-hetero) is 1. The number of ketones is 1. The monoisotopic (exact) mass is 300 g/mol. The van der Waals surface area contributed by atoms with Crippen molar-refractivity contribution in [2.45, 2.75) is 38.6 Å². The van der Waals surface area contributed by atoms with E-state index < -0.39 is 5.54 Å². The van der Waals surface area contributed by atoms with Crippen molar-refractivity contribution < 1.29 is 4.79 Å². The Balaban J connectivity index is 2.05. The van der Waals surface area contributed by atoms with Gasteiger partial charge in [-0.1, -0.05) is 31.5 Å². The standard InChI is InChI=1S/C17H20N2OS/c1-3-6-12-9-14(20)17(2,19-16(12)18)15-10-11-7-4-5-8-13(11)21-15/h4-5,7-8,10,12H,3,6,9H2,1-2H3,(H2,18,19). The predicted octanol–water partition coefficient (Wildman–Crippen LogP) is 3.86. The van der Waals surface area contributed by atoms with Crippen LogP contribution in [-0.2, 0) is 10.3 Å². The molecule has 2 N–H and O–H groups in total. The molecule has 0 aliphatic carbocycles. The molecule has 1 aliphatic heterocycles. The molecule has 2 aromatic rings. The Hall–Kier alpha value is -1.68. The Kier molecular flexibility index (Phi) is 3.57. The molecule has 3 nitrogen and oxygen atoms in total. The highest BCUT2D eigenvalue weighted by atomic mass is 32.1. The number of hydrogen-bond acceptors (Lipinski definition) is 4. The quantitative estimate of drug-likeness (QED) is 0.935. The van der Waals surface area contributed by atoms with Crippen molar-refractivity contribution in [3.63, 3.8) is 0 Å². The van der Waals surface area contributed by atoms with E-state index in [0.29, 0.717) is 12.3 Å². The van der Waals surface area contributed by atoms with E-state index in [-0.39, 0.29) is 11.7 Å². The smallest absolute Gasteiger partial charge is 0.166 e. The van der Waals surface area contributed by atoms with Crippen LogP contribution in [0, 0.1) is 5.92 Å². The molecule has 1 aliphatic rings. The number of nitrogens with zero attached hydrogens (tertiary/aromatic N) is 1. The SMILES string of the molecule is CCCC1CC(=O)C(C)(c2cc3ccccc3s2)N=C1N. The van der Waals surface area contributed by atoms with Crippen LogP contribution in [0.15, 0.2) is 35.3 Å². The van der Waals surface area contributed by atoms with Crippen molar-refractivity contribution in [1.82, 2.24) is 0 Å². The number of benzene rings is 1. The number of aliphatic imine (C=N–C) groups is 1. The maximum absolute atomic E-state index is 12.7. The van der Waals surface area contributed by atoms with Crippen molar-refractivity contribution in [2.24, 2.45) is 16.6 Å². The highest BCUT2D eigenvalue weighted by Gasteiger charge is 2.41. The zero-order chi connectivity index (χ0) is 15.0. The van der Waals surface area contributed by atoms with Crippen molar-refractivity contribution >= 4 is 33.0 Å². The van der Waals surface area contributed by atoms with E-state index in [4.69, 9.17) is 5.73 Å². The van der Waals surface area contributed by atoms with E-state index in [1.165, 1.54) is 4.70 Å². The lowest BCUT2D eigenvalue weighted by Gasteiger charge is -2.31. The van der Waals surface area contributed by atoms with Crippen LogP contribution in [0.5, 0.6) is 0 Å². The zero-order valence-corrected chi connectivity index (χ0v) is 13.2. The first kappa shape index (κ1) is 14.3. The van der Waals surface area contributed by atoms with Crippen LogP contribution in [-0.4, -0.2) is 11.6 Å². The first-order valence-electron chi connectivity index (χ1n) is 7.42. The van der Waals surface area contributed by atoms with Crippen molar-refractivity contribution in [3.8, 4) is 0 Å². The van der Waals surface area contributed by atoms with Crippen molar-refractivity contribution in [2.75, 3.05) is 0 Å². The molecule has 1 aromatic heterocycles. The van der Waals surface area contributed by atoms with Gasteiger partial charge in [0, 0.05) is 21.9 Å². The van der Waals surface area contributed by atoms with Crippen LogP contribution in [0.25, 0.3) is 10.1 Å². The average Bonchev–Trinajstić information content (AvgIpc) is 2.89. The molecule has 1 aromatic carbocycles. The molecule has 0 radical (unpaired) electrons. The Bertz CT molecular complexity index is 685. The summed E-state index contributed by atoms with van der Waals surface area (Å²) in [6, 6.07) is 10.3. The highest BCUT2D eigenvalue weighted by molar-refractivity contribution is 7.19. The minimum atomic E-state index is -0.808. The van der Waals surface area contributed by atoms with Gasteiger partial charge in [-0.05, 0) is 30.9 Å². The first-order chi connectivity index (χ1) is 10.0. The fourth-order valence-electron chi connectivity index (χ4n) is 2.95. The summed E-state index contributed by atoms with van der Waals surface area (Å²) in [6.45, 7) is 4.01. The number of nitrogens with two attached hydrogens (primary N) is 1. The molecule has 2 atom stereocenters. The lowest BCUT2D eigenvalue weighted by molar-refractivity contribution is -0.124. The Labute approximate surface area is 128 Å². The molecule has 4 heteroatoms. The van der Waals surface area contributed by atoms with Gasteiger partial charge in [-0.25, -0.2) is 0 Å². The van der Waals surface area contributed by atoms with E-state index in [9.17, 15) is 4.79 Å². The third-order valence-corrected chi connectivity index (χ3v) is 5.62. The minimum absolute atomic E-state index is 0.116. The summed E-state index contributed by atoms with van der Waals surface area (Å²) in [5.41, 5.74) is 5.33. The van der Waals surface area contributed by atoms with Gasteiger partial charge in [-0.3, -0.25) is 9.79 Å². The molecule has 0 saturated carbocycles. The van der Waals surface area contributed by atoms with Gasteiger partial charge in [-0.2, -0.15) is 0 Å². The van der Waals surface area contributed by atoms with E-state index in [2.05, 4.69) is 30.1 Å². The Morgan fingerprint density at radius 3 is 2.90 bits per heavy atom. The van der Waals surface area contributed by atoms with Crippen LogP contribution in [0.3, 0.4) is 0 Å². The van der Waals surface area contributed by atoms with Crippen molar-refractivity contribution in [1.29, 1.82) is 0 Å². The van der Waals surface area contributed by atoms with Crippen LogP contribution in [0.4, 0.5) is 0 Å². The molecule has 0 saturated heterocycles. The maximum Gasteiger partial charge on any atom is 0.166 e. The molecule has 0 amide bonds. The minimum Gasteiger partial charge on any atom is -0.387 e. The third kappa shape index (κ3) is 2.38. The molecule has 2 unspecified atom stereocenters. The molecule has 110 valence electrons. The summed E-state index contributed by atoms with van der Waals surface area (Å²) >= 11 is 1.64. The Morgan fingerprint density at radius 1 is 1.43 bits per heavy atom. The molecule has 0 fully saturated rings. The summed E-state index contributed by atoms with van der Waals surface area (Å²) in [5.74, 6) is 0.933. The molecular formula is C17H20N2OS. The number of carbonyl (C=O) groups is 1. The van der Waals surface area contributed by atoms with Gasteiger partial charge < -0.3 is 5.73 Å². The van der Waals surface area contributed by atoms with Gasteiger partial charge >= 0.3 is 0 Å². The maximum atomic E-state index is 12.7. The number of rotatable bonds is 3. The topological polar surface area (TPSA) is 55.5 Å². The van der Waals surface area contributed by atoms with Crippen LogP contribution in [0.1, 0.15) is 38.0 Å². The van der Waals surface area contributed by atoms with E-state index in [0.717, 1.165) is 23.1 Å². The van der Waals surface area contributed by atoms with Crippen LogP contribution >= 0.6 is 11.3 Å². The lowest BCUT2D eigenvalue weighted by Crippen LogP contribution is -2.42. The third-order valence-electron chi connectivity index (χ3n) is 4.29. The first-order valence-corrected chi connectivity index (χ1v) is 8.24. The summed E-state index contributed by atoms with van der Waals surface area (Å²) in [6.07, 6.45) is 2.46. The summed E-state index contributed by atoms with van der Waals surface area (Å²) in [4.78, 5) is 18.3. The van der Waals surface area contributed by atoms with Gasteiger partial charge in [0.1, 0.15) is 0 Å². The van der Waals surface area contributed by atoms with Crippen molar-refractivity contribution in [3.05, 3.63) is 35.2 Å². The fourth-order valence-corrected chi connectivity index (χ4v) is 4.12. The number of carbonyl (C=O) groups excluding carboxylic acids is 1. The second kappa shape index (κ2) is 5.26. The molecule has 0 bridgehead atoms. The fraction of sp³-hybridized carbons (Fsp3) is 0.412. The van der Waals surface area contributed by atoms with Gasteiger partial charge in [-0.15, -0.1) is 11.3 Å². The van der Waals surface area contributed by atoms with Crippen LogP contribution in [0.2, 0.25) is 0 Å². The predicted molar refractivity (Wildman–Crippen MR) is 88.8 cm³/mol. The largest absolute Gasteiger partial charge is 0.387 e. The van der Waals surface area contributed by atoms with Gasteiger partial charge in [0.15, 0.2) is 11.3 Å². The molecule has 3 rings (SSSR count). The molecular weight excluding hydrogens is 280 g/mol. The summed E-state index contributed by atoms with van der Waals surface area (Å²) < 4.78 is 1.19. The second-order valence-electron chi connectivity index (χ2n) is 5.87. The average molecular weight is 300 g/mol. The summed E-state index contributed by atoms with van der Waals surface area (Å²) in [5, 5.41) is 1.16. The van der Waals surface area contributed by atoms with E-state index in [1.807, 2.05) is 19.1 Å². The number of hydrogen-bond donors (Lipinski definition) is 1. The van der Waals surface area contributed by atoms with Gasteiger partial charge in [0.2, 0.25) is 0 Å². The highest BCUT2D eigenvalue weighted by Crippen LogP contribution is 2.40. The molecule has 2 heterocycles. The summed E-state index contributed by atoms with van der Waals surface area (Å²) in [7, 11) is 0. The van der Waals surface area contributed by atoms with E-state index in [1.54, 1.807) is 11.3 Å². The second-order valence-corrected chi connectivity index (χ2v) is 6.95.